The Balaban J connectivity index is 1.59. The number of rotatable bonds is 6. The van der Waals surface area contributed by atoms with E-state index >= 15 is 0 Å². The van der Waals surface area contributed by atoms with Crippen molar-refractivity contribution >= 4 is 17.5 Å². The van der Waals surface area contributed by atoms with Crippen molar-refractivity contribution in [2.75, 3.05) is 0 Å². The number of carbonyl (C=O) groups is 1. The van der Waals surface area contributed by atoms with Crippen LogP contribution in [0.15, 0.2) is 66.9 Å². The largest absolute Gasteiger partial charge is 0.472 e. The molecule has 1 unspecified atom stereocenters. The van der Waals surface area contributed by atoms with E-state index in [4.69, 9.17) is 16.3 Å². The van der Waals surface area contributed by atoms with Crippen molar-refractivity contribution < 1.29 is 14.6 Å². The predicted octanol–water partition coefficient (Wildman–Crippen LogP) is 5.01. The summed E-state index contributed by atoms with van der Waals surface area (Å²) in [4.78, 5) is 17.3. The van der Waals surface area contributed by atoms with Gasteiger partial charge < -0.3 is 15.2 Å². The van der Waals surface area contributed by atoms with Gasteiger partial charge in [-0.25, -0.2) is 4.98 Å². The van der Waals surface area contributed by atoms with Gasteiger partial charge in [-0.2, -0.15) is 0 Å². The molecule has 0 bridgehead atoms. The molecule has 0 saturated heterocycles. The first kappa shape index (κ1) is 21.3. The first-order chi connectivity index (χ1) is 15.1. The normalized spacial score (nSPS) is 18.4. The molecule has 160 valence electrons. The highest BCUT2D eigenvalue weighted by Crippen LogP contribution is 2.31. The summed E-state index contributed by atoms with van der Waals surface area (Å²) >= 11 is 6.05. The fourth-order valence-corrected chi connectivity index (χ4v) is 3.91. The fourth-order valence-electron chi connectivity index (χ4n) is 3.78. The number of nitrogens with one attached hydrogen (secondary N) is 1. The van der Waals surface area contributed by atoms with E-state index < -0.39 is 6.10 Å². The number of nitrogens with zero attached hydrogens (tertiary/aromatic N) is 1. The number of carbonyl (C=O) groups excluding carboxylic acids is 1. The average molecular weight is 437 g/mol. The third kappa shape index (κ3) is 5.43. The van der Waals surface area contributed by atoms with E-state index in [1.165, 1.54) is 6.20 Å². The lowest BCUT2D eigenvalue weighted by Crippen LogP contribution is -2.45. The van der Waals surface area contributed by atoms with Gasteiger partial charge in [0.1, 0.15) is 6.61 Å². The number of pyridine rings is 1. The molecule has 1 aliphatic rings. The lowest BCUT2D eigenvalue weighted by atomic mass is 9.92. The van der Waals surface area contributed by atoms with Crippen LogP contribution in [0, 0.1) is 0 Å². The second kappa shape index (κ2) is 9.94. The van der Waals surface area contributed by atoms with Gasteiger partial charge in [0.05, 0.1) is 17.7 Å². The van der Waals surface area contributed by atoms with Crippen molar-refractivity contribution in [3.05, 3.63) is 83.0 Å². The number of hydrogen-bond donors (Lipinski definition) is 2. The number of aromatic nitrogens is 1. The molecule has 2 atom stereocenters. The molecule has 1 aliphatic carbocycles. The maximum Gasteiger partial charge on any atom is 0.253 e. The van der Waals surface area contributed by atoms with Crippen LogP contribution in [0.5, 0.6) is 5.88 Å². The Bertz CT molecular complexity index is 1020. The molecule has 31 heavy (non-hydrogen) atoms. The van der Waals surface area contributed by atoms with Gasteiger partial charge in [0.15, 0.2) is 0 Å². The highest BCUT2D eigenvalue weighted by Gasteiger charge is 2.25. The van der Waals surface area contributed by atoms with E-state index in [1.54, 1.807) is 18.2 Å². The number of benzene rings is 2. The Morgan fingerprint density at radius 3 is 2.58 bits per heavy atom. The summed E-state index contributed by atoms with van der Waals surface area (Å²) in [6.45, 7) is 0.369. The summed E-state index contributed by atoms with van der Waals surface area (Å²) in [5, 5.41) is 13.8. The highest BCUT2D eigenvalue weighted by atomic mass is 35.5. The molecule has 2 aromatic carbocycles. The van der Waals surface area contributed by atoms with Crippen LogP contribution in [-0.2, 0) is 6.61 Å². The van der Waals surface area contributed by atoms with Crippen molar-refractivity contribution in [1.82, 2.24) is 10.3 Å². The fraction of sp³-hybridized carbons (Fsp3) is 0.280. The number of hydrogen-bond acceptors (Lipinski definition) is 4. The molecule has 5 nitrogen and oxygen atoms in total. The summed E-state index contributed by atoms with van der Waals surface area (Å²) in [6.07, 6.45) is 4.50. The van der Waals surface area contributed by atoms with Gasteiger partial charge in [-0.05, 0) is 42.2 Å². The summed E-state index contributed by atoms with van der Waals surface area (Å²) < 4.78 is 5.99. The predicted molar refractivity (Wildman–Crippen MR) is 121 cm³/mol. The number of ether oxygens (including phenoxy) is 1. The van der Waals surface area contributed by atoms with Crippen LogP contribution in [0.1, 0.15) is 41.6 Å². The first-order valence-corrected chi connectivity index (χ1v) is 10.9. The maximum absolute atomic E-state index is 12.9. The molecule has 2 N–H and O–H groups in total. The van der Waals surface area contributed by atoms with Gasteiger partial charge in [-0.15, -0.1) is 0 Å². The monoisotopic (exact) mass is 436 g/mol. The minimum absolute atomic E-state index is 0.228. The summed E-state index contributed by atoms with van der Waals surface area (Å²) in [5.74, 6) is 0.198. The molecule has 3 aromatic rings. The van der Waals surface area contributed by atoms with Gasteiger partial charge in [-0.3, -0.25) is 4.79 Å². The standard InChI is InChI=1S/C25H25ClN2O3/c26-20-12-10-18(11-13-20)21-14-19(24(30)28-22-8-4-5-9-23(22)29)15-27-25(21)31-16-17-6-2-1-3-7-17/h1-3,6-7,10-15,22-23,29H,4-5,8-9,16H2,(H,28,30)/t22?,23-/m1/s1. The maximum atomic E-state index is 12.9. The van der Waals surface area contributed by atoms with Crippen LogP contribution in [0.3, 0.4) is 0 Å². The minimum Gasteiger partial charge on any atom is -0.472 e. The molecular weight excluding hydrogens is 412 g/mol. The summed E-state index contributed by atoms with van der Waals surface area (Å²) in [7, 11) is 0. The average Bonchev–Trinajstić information content (AvgIpc) is 2.80. The Morgan fingerprint density at radius 2 is 1.84 bits per heavy atom. The van der Waals surface area contributed by atoms with E-state index in [2.05, 4.69) is 10.3 Å². The molecule has 1 fully saturated rings. The van der Waals surface area contributed by atoms with Gasteiger partial charge >= 0.3 is 0 Å². The molecule has 0 aliphatic heterocycles. The van der Waals surface area contributed by atoms with Crippen LogP contribution in [0.25, 0.3) is 11.1 Å². The lowest BCUT2D eigenvalue weighted by Gasteiger charge is -2.28. The number of halogens is 1. The smallest absolute Gasteiger partial charge is 0.253 e. The van der Waals surface area contributed by atoms with Crippen LogP contribution in [0.4, 0.5) is 0 Å². The molecule has 6 heteroatoms. The molecule has 1 amide bonds. The second-order valence-corrected chi connectivity index (χ2v) is 8.23. The second-order valence-electron chi connectivity index (χ2n) is 7.79. The topological polar surface area (TPSA) is 71.5 Å². The summed E-state index contributed by atoms with van der Waals surface area (Å²) in [6, 6.07) is 18.7. The molecule has 0 spiro atoms. The molecule has 1 aromatic heterocycles. The van der Waals surface area contributed by atoms with Crippen LogP contribution in [0.2, 0.25) is 5.02 Å². The summed E-state index contributed by atoms with van der Waals surface area (Å²) in [5.41, 5.74) is 3.02. The Kier molecular flexibility index (Phi) is 6.85. The van der Waals surface area contributed by atoms with Crippen molar-refractivity contribution in [2.24, 2.45) is 0 Å². The Hall–Kier alpha value is -2.89. The van der Waals surface area contributed by atoms with Crippen LogP contribution < -0.4 is 10.1 Å². The molecule has 4 rings (SSSR count). The first-order valence-electron chi connectivity index (χ1n) is 10.5. The zero-order chi connectivity index (χ0) is 21.6. The zero-order valence-electron chi connectivity index (χ0n) is 17.1. The van der Waals surface area contributed by atoms with E-state index in [0.717, 1.165) is 30.4 Å². The van der Waals surface area contributed by atoms with Crippen molar-refractivity contribution in [2.45, 2.75) is 44.4 Å². The van der Waals surface area contributed by atoms with Gasteiger partial charge in [0.25, 0.3) is 5.91 Å². The molecule has 0 radical (unpaired) electrons. The third-order valence-corrected chi connectivity index (χ3v) is 5.78. The minimum atomic E-state index is -0.505. The van der Waals surface area contributed by atoms with E-state index in [0.29, 0.717) is 35.1 Å². The van der Waals surface area contributed by atoms with Crippen molar-refractivity contribution in [1.29, 1.82) is 0 Å². The van der Waals surface area contributed by atoms with E-state index in [-0.39, 0.29) is 11.9 Å². The Labute approximate surface area is 187 Å². The van der Waals surface area contributed by atoms with E-state index in [9.17, 15) is 9.90 Å². The number of aliphatic hydroxyl groups is 1. The number of aliphatic hydroxyl groups excluding tert-OH is 1. The van der Waals surface area contributed by atoms with E-state index in [1.807, 2.05) is 42.5 Å². The Morgan fingerprint density at radius 1 is 1.10 bits per heavy atom. The SMILES string of the molecule is O=C(NC1CCCC[C@H]1O)c1cnc(OCc2ccccc2)c(-c2ccc(Cl)cc2)c1. The molecule has 1 saturated carbocycles. The van der Waals surface area contributed by atoms with Crippen molar-refractivity contribution in [3.63, 3.8) is 0 Å². The quantitative estimate of drug-likeness (QED) is 0.569. The van der Waals surface area contributed by atoms with Crippen LogP contribution >= 0.6 is 11.6 Å². The van der Waals surface area contributed by atoms with Crippen LogP contribution in [-0.4, -0.2) is 28.1 Å². The highest BCUT2D eigenvalue weighted by molar-refractivity contribution is 6.30. The van der Waals surface area contributed by atoms with Gasteiger partial charge in [0.2, 0.25) is 5.88 Å². The van der Waals surface area contributed by atoms with Crippen molar-refractivity contribution in [3.8, 4) is 17.0 Å². The number of amides is 1. The molecule has 1 heterocycles. The third-order valence-electron chi connectivity index (χ3n) is 5.53. The molecular formula is C25H25ClN2O3. The lowest BCUT2D eigenvalue weighted by molar-refractivity contribution is 0.0717. The zero-order valence-corrected chi connectivity index (χ0v) is 17.9. The van der Waals surface area contributed by atoms with Gasteiger partial charge in [-0.1, -0.05) is 66.9 Å². The van der Waals surface area contributed by atoms with Gasteiger partial charge in [0, 0.05) is 16.8 Å².